The third kappa shape index (κ3) is 4.27. The summed E-state index contributed by atoms with van der Waals surface area (Å²) in [5.74, 6) is 1.04. The Labute approximate surface area is 174 Å². The van der Waals surface area contributed by atoms with Gasteiger partial charge in [0.2, 0.25) is 0 Å². The number of amides is 2. The Morgan fingerprint density at radius 3 is 2.67 bits per heavy atom. The van der Waals surface area contributed by atoms with E-state index in [9.17, 15) is 9.59 Å². The van der Waals surface area contributed by atoms with Crippen LogP contribution in [0.4, 0.5) is 16.2 Å². The molecule has 0 fully saturated rings. The molecule has 2 amide bonds. The third-order valence-electron chi connectivity index (χ3n) is 4.42. The zero-order valence-corrected chi connectivity index (χ0v) is 17.0. The minimum Gasteiger partial charge on any atom is -0.457 e. The van der Waals surface area contributed by atoms with Crippen molar-refractivity contribution in [2.45, 2.75) is 26.4 Å². The molecule has 0 aliphatic carbocycles. The summed E-state index contributed by atoms with van der Waals surface area (Å²) in [7, 11) is 0. The predicted molar refractivity (Wildman–Crippen MR) is 117 cm³/mol. The van der Waals surface area contributed by atoms with Gasteiger partial charge in [-0.05, 0) is 57.2 Å². The first kappa shape index (κ1) is 19.5. The fourth-order valence-corrected chi connectivity index (χ4v) is 3.18. The molecule has 152 valence electrons. The molecular weight excluding hydrogens is 380 g/mol. The summed E-state index contributed by atoms with van der Waals surface area (Å²) in [6.45, 7) is 5.43. The second-order valence-corrected chi connectivity index (χ2v) is 7.97. The van der Waals surface area contributed by atoms with Gasteiger partial charge in [-0.1, -0.05) is 30.3 Å². The monoisotopic (exact) mass is 402 g/mol. The average Bonchev–Trinajstić information content (AvgIpc) is 3.26. The number of carbonyl (C=O) groups is 2. The summed E-state index contributed by atoms with van der Waals surface area (Å²) >= 11 is 0. The number of hydrogen-bond acceptors (Lipinski definition) is 4. The smallest absolute Gasteiger partial charge is 0.412 e. The van der Waals surface area contributed by atoms with Crippen molar-refractivity contribution in [3.05, 3.63) is 72.0 Å². The van der Waals surface area contributed by atoms with Crippen molar-refractivity contribution < 1.29 is 18.7 Å². The largest absolute Gasteiger partial charge is 0.457 e. The molecule has 4 rings (SSSR count). The van der Waals surface area contributed by atoms with Gasteiger partial charge >= 0.3 is 6.09 Å². The van der Waals surface area contributed by atoms with Crippen LogP contribution in [0.15, 0.2) is 65.1 Å². The Morgan fingerprint density at radius 1 is 1.07 bits per heavy atom. The quantitative estimate of drug-likeness (QED) is 0.544. The summed E-state index contributed by atoms with van der Waals surface area (Å²) < 4.78 is 11.2. The van der Waals surface area contributed by atoms with Gasteiger partial charge < -0.3 is 14.5 Å². The first-order chi connectivity index (χ1) is 14.3. The minimum atomic E-state index is -0.573. The van der Waals surface area contributed by atoms with Crippen molar-refractivity contribution in [2.75, 3.05) is 10.6 Å². The van der Waals surface area contributed by atoms with Crippen molar-refractivity contribution in [3.8, 4) is 11.3 Å². The summed E-state index contributed by atoms with van der Waals surface area (Å²) in [4.78, 5) is 24.3. The normalized spacial score (nSPS) is 14.4. The number of hydrogen-bond donors (Lipinski definition) is 2. The van der Waals surface area contributed by atoms with Crippen LogP contribution >= 0.6 is 0 Å². The maximum atomic E-state index is 12.3. The lowest BCUT2D eigenvalue weighted by Crippen LogP contribution is -2.27. The van der Waals surface area contributed by atoms with E-state index in [0.29, 0.717) is 22.8 Å². The molecule has 1 aromatic heterocycles. The number of fused-ring (bicyclic) bond motifs is 1. The molecule has 1 aliphatic rings. The molecule has 3 aromatic rings. The minimum absolute atomic E-state index is 0.155. The van der Waals surface area contributed by atoms with E-state index in [-0.39, 0.29) is 5.91 Å². The molecule has 0 saturated heterocycles. The Balaban J connectivity index is 1.55. The van der Waals surface area contributed by atoms with Crippen molar-refractivity contribution in [1.29, 1.82) is 0 Å². The summed E-state index contributed by atoms with van der Waals surface area (Å²) in [6, 6.07) is 18.5. The van der Waals surface area contributed by atoms with E-state index >= 15 is 0 Å². The Hall–Kier alpha value is -3.80. The predicted octanol–water partition coefficient (Wildman–Crippen LogP) is 5.79. The molecule has 0 radical (unpaired) electrons. The molecular formula is C24H22N2O4. The highest BCUT2D eigenvalue weighted by Crippen LogP contribution is 2.34. The number of carbonyl (C=O) groups excluding carboxylic acids is 2. The Morgan fingerprint density at radius 2 is 1.87 bits per heavy atom. The van der Waals surface area contributed by atoms with Gasteiger partial charge in [-0.15, -0.1) is 0 Å². The Kier molecular flexibility index (Phi) is 4.91. The third-order valence-corrected chi connectivity index (χ3v) is 4.42. The first-order valence-corrected chi connectivity index (χ1v) is 9.61. The van der Waals surface area contributed by atoms with Gasteiger partial charge in [0.25, 0.3) is 5.91 Å². The fourth-order valence-electron chi connectivity index (χ4n) is 3.18. The molecule has 0 saturated carbocycles. The first-order valence-electron chi connectivity index (χ1n) is 9.61. The van der Waals surface area contributed by atoms with Crippen LogP contribution in [0.2, 0.25) is 0 Å². The number of ether oxygens (including phenoxy) is 1. The van der Waals surface area contributed by atoms with Crippen LogP contribution in [-0.2, 0) is 9.53 Å². The highest BCUT2D eigenvalue weighted by Gasteiger charge is 2.24. The van der Waals surface area contributed by atoms with Gasteiger partial charge in [0.1, 0.15) is 17.1 Å². The number of furan rings is 1. The van der Waals surface area contributed by atoms with Crippen molar-refractivity contribution >= 4 is 35.0 Å². The number of benzene rings is 2. The molecule has 0 atom stereocenters. The maximum Gasteiger partial charge on any atom is 0.412 e. The van der Waals surface area contributed by atoms with Crippen LogP contribution in [0.3, 0.4) is 0 Å². The van der Waals surface area contributed by atoms with E-state index in [2.05, 4.69) is 10.6 Å². The molecule has 1 aliphatic heterocycles. The van der Waals surface area contributed by atoms with Gasteiger partial charge in [0, 0.05) is 22.5 Å². The lowest BCUT2D eigenvalue weighted by atomic mass is 10.1. The van der Waals surface area contributed by atoms with Crippen molar-refractivity contribution in [1.82, 2.24) is 0 Å². The van der Waals surface area contributed by atoms with Gasteiger partial charge in [-0.2, -0.15) is 0 Å². The lowest BCUT2D eigenvalue weighted by molar-refractivity contribution is -0.110. The van der Waals surface area contributed by atoms with Gasteiger partial charge in [0.15, 0.2) is 0 Å². The van der Waals surface area contributed by atoms with Crippen LogP contribution < -0.4 is 10.6 Å². The van der Waals surface area contributed by atoms with Crippen molar-refractivity contribution in [2.24, 2.45) is 0 Å². The van der Waals surface area contributed by atoms with Gasteiger partial charge in [0.05, 0.1) is 5.57 Å². The number of para-hydroxylation sites is 1. The number of anilines is 2. The van der Waals surface area contributed by atoms with E-state index < -0.39 is 11.7 Å². The van der Waals surface area contributed by atoms with E-state index in [1.807, 2.05) is 69.3 Å². The molecule has 0 spiro atoms. The molecule has 2 heterocycles. The zero-order valence-electron chi connectivity index (χ0n) is 17.0. The summed E-state index contributed by atoms with van der Waals surface area (Å²) in [5, 5.41) is 5.57. The second-order valence-electron chi connectivity index (χ2n) is 7.97. The van der Waals surface area contributed by atoms with Gasteiger partial charge in [-0.25, -0.2) is 4.79 Å². The number of nitrogens with one attached hydrogen (secondary N) is 2. The van der Waals surface area contributed by atoms with E-state index in [0.717, 1.165) is 16.8 Å². The molecule has 6 nitrogen and oxygen atoms in total. The Bertz CT molecular complexity index is 1150. The maximum absolute atomic E-state index is 12.3. The van der Waals surface area contributed by atoms with Crippen LogP contribution in [-0.4, -0.2) is 17.6 Å². The van der Waals surface area contributed by atoms with Crippen LogP contribution in [0.25, 0.3) is 23.0 Å². The summed E-state index contributed by atoms with van der Waals surface area (Å²) in [6.07, 6.45) is 1.21. The molecule has 2 aromatic carbocycles. The molecule has 6 heteroatoms. The average molecular weight is 402 g/mol. The van der Waals surface area contributed by atoms with E-state index in [1.165, 1.54) is 0 Å². The van der Waals surface area contributed by atoms with E-state index in [1.54, 1.807) is 18.2 Å². The lowest BCUT2D eigenvalue weighted by Gasteiger charge is -2.19. The van der Waals surface area contributed by atoms with Crippen molar-refractivity contribution in [3.63, 3.8) is 0 Å². The molecule has 0 bridgehead atoms. The number of rotatable bonds is 3. The van der Waals surface area contributed by atoms with E-state index in [4.69, 9.17) is 9.15 Å². The highest BCUT2D eigenvalue weighted by atomic mass is 16.6. The summed E-state index contributed by atoms with van der Waals surface area (Å²) in [5.41, 5.74) is 3.03. The standard InChI is InChI=1S/C24H22N2O4/c1-24(2,3)30-23(28)25-16-8-6-7-15(13-16)21-12-11-17(29-21)14-19-18-9-4-5-10-20(18)26-22(19)27/h4-14H,1-3H3,(H,25,28)(H,26,27)/b19-14+. The highest BCUT2D eigenvalue weighted by molar-refractivity contribution is 6.34. The van der Waals surface area contributed by atoms with Crippen LogP contribution in [0, 0.1) is 0 Å². The second kappa shape index (κ2) is 7.55. The molecule has 30 heavy (non-hydrogen) atoms. The van der Waals surface area contributed by atoms with Crippen LogP contribution in [0.1, 0.15) is 32.1 Å². The van der Waals surface area contributed by atoms with Crippen LogP contribution in [0.5, 0.6) is 0 Å². The molecule has 2 N–H and O–H groups in total. The fraction of sp³-hybridized carbons (Fsp3) is 0.167. The zero-order chi connectivity index (χ0) is 21.3. The molecule has 0 unspecified atom stereocenters. The topological polar surface area (TPSA) is 80.6 Å². The van der Waals surface area contributed by atoms with Gasteiger partial charge in [-0.3, -0.25) is 10.1 Å². The SMILES string of the molecule is CC(C)(C)OC(=O)Nc1cccc(-c2ccc(/C=C3/C(=O)Nc4ccccc43)o2)c1.